The average molecular weight is 397 g/mol. The molecule has 1 N–H and O–H groups in total. The van der Waals surface area contributed by atoms with E-state index in [0.29, 0.717) is 29.4 Å². The summed E-state index contributed by atoms with van der Waals surface area (Å²) in [6.45, 7) is 1.33. The zero-order valence-electron chi connectivity index (χ0n) is 15.3. The van der Waals surface area contributed by atoms with E-state index in [1.807, 2.05) is 36.4 Å². The number of carbonyl (C=O) groups excluding carboxylic acids is 1. The van der Waals surface area contributed by atoms with Gasteiger partial charge in [0.2, 0.25) is 6.29 Å². The number of carbonyl (C=O) groups is 1. The van der Waals surface area contributed by atoms with Gasteiger partial charge in [-0.25, -0.2) is 9.78 Å². The highest BCUT2D eigenvalue weighted by Gasteiger charge is 2.23. The molecule has 6 heteroatoms. The standard InChI is InChI=1S/C22H21ClN2O3/c23-16-10-8-15(9-11-16)20-14-18(17-6-2-3-7-19(17)24-20)21(26)28-22(27)25-12-4-1-5-13-25/h2-3,6-11,14,21,26H,1,4-5,12-13H2/t21-/m0/s1. The zero-order chi connectivity index (χ0) is 19.5. The van der Waals surface area contributed by atoms with E-state index in [1.54, 1.807) is 23.1 Å². The Hall–Kier alpha value is -2.63. The van der Waals surface area contributed by atoms with Gasteiger partial charge in [-0.1, -0.05) is 41.9 Å². The van der Waals surface area contributed by atoms with Gasteiger partial charge in [0.25, 0.3) is 0 Å². The SMILES string of the molecule is O=C(O[C@H](O)c1cc(-c2ccc(Cl)cc2)nc2ccccc12)N1CCCCC1. The minimum absolute atomic E-state index is 0.485. The highest BCUT2D eigenvalue weighted by molar-refractivity contribution is 6.30. The third-order valence-electron chi connectivity index (χ3n) is 4.98. The molecular formula is C22H21ClN2O3. The molecule has 0 radical (unpaired) electrons. The predicted octanol–water partition coefficient (Wildman–Crippen LogP) is 5.17. The highest BCUT2D eigenvalue weighted by Crippen LogP contribution is 2.30. The van der Waals surface area contributed by atoms with E-state index in [0.717, 1.165) is 35.7 Å². The maximum absolute atomic E-state index is 12.4. The Balaban J connectivity index is 1.68. The third kappa shape index (κ3) is 3.96. The number of rotatable bonds is 3. The molecule has 0 unspecified atom stereocenters. The van der Waals surface area contributed by atoms with Gasteiger partial charge in [-0.05, 0) is 43.5 Å². The number of aliphatic hydroxyl groups excluding tert-OH is 1. The number of hydrogen-bond donors (Lipinski definition) is 1. The highest BCUT2D eigenvalue weighted by atomic mass is 35.5. The number of amides is 1. The van der Waals surface area contributed by atoms with Gasteiger partial charge in [0, 0.05) is 34.6 Å². The van der Waals surface area contributed by atoms with Crippen molar-refractivity contribution in [3.05, 3.63) is 65.2 Å². The van der Waals surface area contributed by atoms with Crippen molar-refractivity contribution in [3.8, 4) is 11.3 Å². The van der Waals surface area contributed by atoms with Crippen LogP contribution in [0.15, 0.2) is 54.6 Å². The summed E-state index contributed by atoms with van der Waals surface area (Å²) in [5, 5.41) is 12.1. The zero-order valence-corrected chi connectivity index (χ0v) is 16.1. The molecule has 0 bridgehead atoms. The smallest absolute Gasteiger partial charge is 0.412 e. The number of likely N-dealkylation sites (tertiary alicyclic amines) is 1. The minimum Gasteiger partial charge on any atom is -0.415 e. The topological polar surface area (TPSA) is 62.7 Å². The number of hydrogen-bond acceptors (Lipinski definition) is 4. The Kier molecular flexibility index (Phi) is 5.46. The molecule has 1 aromatic heterocycles. The Morgan fingerprint density at radius 1 is 1.07 bits per heavy atom. The van der Waals surface area contributed by atoms with Crippen LogP contribution in [0.25, 0.3) is 22.2 Å². The number of piperidine rings is 1. The molecule has 5 nitrogen and oxygen atoms in total. The summed E-state index contributed by atoms with van der Waals surface area (Å²) in [4.78, 5) is 18.8. The monoisotopic (exact) mass is 396 g/mol. The normalized spacial score (nSPS) is 15.4. The van der Waals surface area contributed by atoms with Gasteiger partial charge in [0.15, 0.2) is 0 Å². The first-order valence-electron chi connectivity index (χ1n) is 9.41. The van der Waals surface area contributed by atoms with Crippen molar-refractivity contribution in [2.75, 3.05) is 13.1 Å². The van der Waals surface area contributed by atoms with Gasteiger partial charge in [0.1, 0.15) is 0 Å². The molecular weight excluding hydrogens is 376 g/mol. The van der Waals surface area contributed by atoms with E-state index in [1.165, 1.54) is 0 Å². The first-order chi connectivity index (χ1) is 13.6. The predicted molar refractivity (Wildman–Crippen MR) is 109 cm³/mol. The van der Waals surface area contributed by atoms with Crippen molar-refractivity contribution in [2.24, 2.45) is 0 Å². The fraction of sp³-hybridized carbons (Fsp3) is 0.273. The van der Waals surface area contributed by atoms with Gasteiger partial charge in [-0.3, -0.25) is 0 Å². The largest absolute Gasteiger partial charge is 0.415 e. The molecule has 1 fully saturated rings. The summed E-state index contributed by atoms with van der Waals surface area (Å²) >= 11 is 5.98. The molecule has 144 valence electrons. The number of aromatic nitrogens is 1. The van der Waals surface area contributed by atoms with Crippen molar-refractivity contribution in [1.82, 2.24) is 9.88 Å². The maximum Gasteiger partial charge on any atom is 0.412 e. The van der Waals surface area contributed by atoms with Crippen LogP contribution in [0.2, 0.25) is 5.02 Å². The molecule has 1 saturated heterocycles. The lowest BCUT2D eigenvalue weighted by Gasteiger charge is -2.27. The summed E-state index contributed by atoms with van der Waals surface area (Å²) in [5.74, 6) is 0. The molecule has 1 atom stereocenters. The van der Waals surface area contributed by atoms with E-state index in [4.69, 9.17) is 16.3 Å². The number of halogens is 1. The van der Waals surface area contributed by atoms with Crippen LogP contribution in [0.1, 0.15) is 31.1 Å². The molecule has 0 aliphatic carbocycles. The van der Waals surface area contributed by atoms with Crippen molar-refractivity contribution < 1.29 is 14.6 Å². The average Bonchev–Trinajstić information content (AvgIpc) is 2.74. The quantitative estimate of drug-likeness (QED) is 0.620. The van der Waals surface area contributed by atoms with Gasteiger partial charge in [-0.2, -0.15) is 0 Å². The van der Waals surface area contributed by atoms with E-state index >= 15 is 0 Å². The summed E-state index contributed by atoms with van der Waals surface area (Å²) < 4.78 is 5.39. The van der Waals surface area contributed by atoms with Crippen LogP contribution in [0.5, 0.6) is 0 Å². The van der Waals surface area contributed by atoms with Gasteiger partial charge < -0.3 is 14.7 Å². The minimum atomic E-state index is -1.37. The van der Waals surface area contributed by atoms with Crippen LogP contribution in [-0.4, -0.2) is 34.2 Å². The lowest BCUT2D eigenvalue weighted by Crippen LogP contribution is -2.36. The molecule has 0 saturated carbocycles. The van der Waals surface area contributed by atoms with E-state index in [9.17, 15) is 9.90 Å². The molecule has 1 aliphatic rings. The first kappa shape index (κ1) is 18.7. The summed E-state index contributed by atoms with van der Waals surface area (Å²) in [5.41, 5.74) is 2.78. The lowest BCUT2D eigenvalue weighted by molar-refractivity contribution is -0.0672. The second-order valence-corrected chi connectivity index (χ2v) is 7.34. The first-order valence-corrected chi connectivity index (χ1v) is 9.79. The number of nitrogens with zero attached hydrogens (tertiary/aromatic N) is 2. The molecule has 0 spiro atoms. The second kappa shape index (κ2) is 8.17. The van der Waals surface area contributed by atoms with Crippen molar-refractivity contribution in [3.63, 3.8) is 0 Å². The Bertz CT molecular complexity index is 985. The molecule has 2 aromatic carbocycles. The van der Waals surface area contributed by atoms with Gasteiger partial charge in [-0.15, -0.1) is 0 Å². The van der Waals surface area contributed by atoms with Gasteiger partial charge in [0.05, 0.1) is 11.2 Å². The van der Waals surface area contributed by atoms with Crippen LogP contribution < -0.4 is 0 Å². The van der Waals surface area contributed by atoms with E-state index in [2.05, 4.69) is 4.98 Å². The number of aliphatic hydroxyl groups is 1. The van der Waals surface area contributed by atoms with Crippen LogP contribution in [0.3, 0.4) is 0 Å². The summed E-state index contributed by atoms with van der Waals surface area (Å²) in [6.07, 6.45) is 1.19. The molecule has 1 aliphatic heterocycles. The Morgan fingerprint density at radius 2 is 1.79 bits per heavy atom. The molecule has 1 amide bonds. The molecule has 4 rings (SSSR count). The van der Waals surface area contributed by atoms with Crippen LogP contribution in [0, 0.1) is 0 Å². The molecule has 3 aromatic rings. The fourth-order valence-electron chi connectivity index (χ4n) is 3.49. The van der Waals surface area contributed by atoms with E-state index in [-0.39, 0.29) is 0 Å². The van der Waals surface area contributed by atoms with Crippen molar-refractivity contribution >= 4 is 28.6 Å². The van der Waals surface area contributed by atoms with Crippen LogP contribution >= 0.6 is 11.6 Å². The van der Waals surface area contributed by atoms with Gasteiger partial charge >= 0.3 is 6.09 Å². The second-order valence-electron chi connectivity index (χ2n) is 6.90. The Morgan fingerprint density at radius 3 is 2.54 bits per heavy atom. The lowest BCUT2D eigenvalue weighted by atomic mass is 10.0. The summed E-state index contributed by atoms with van der Waals surface area (Å²) in [6, 6.07) is 16.6. The molecule has 2 heterocycles. The maximum atomic E-state index is 12.4. The summed E-state index contributed by atoms with van der Waals surface area (Å²) in [7, 11) is 0. The Labute approximate surface area is 168 Å². The number of pyridine rings is 1. The number of fused-ring (bicyclic) bond motifs is 1. The van der Waals surface area contributed by atoms with Crippen LogP contribution in [-0.2, 0) is 4.74 Å². The number of ether oxygens (including phenoxy) is 1. The fourth-order valence-corrected chi connectivity index (χ4v) is 3.61. The number of benzene rings is 2. The molecule has 28 heavy (non-hydrogen) atoms. The van der Waals surface area contributed by atoms with Crippen molar-refractivity contribution in [1.29, 1.82) is 0 Å². The number of para-hydroxylation sites is 1. The van der Waals surface area contributed by atoms with Crippen LogP contribution in [0.4, 0.5) is 4.79 Å². The van der Waals surface area contributed by atoms with E-state index < -0.39 is 12.4 Å². The third-order valence-corrected chi connectivity index (χ3v) is 5.23. The van der Waals surface area contributed by atoms with Crippen molar-refractivity contribution in [2.45, 2.75) is 25.6 Å².